The molecule has 130 valence electrons. The standard InChI is InChI=1S/C19H21N3O3/c1-13-9-16(14(2)21(13)10-15-7-5-4-6-8-15)17(23)11-22-18(24)12-20(3)19(22)25/h4-9H,10-12H2,1-3H3. The number of hydrogen-bond donors (Lipinski definition) is 0. The van der Waals surface area contributed by atoms with E-state index in [0.717, 1.165) is 21.9 Å². The van der Waals surface area contributed by atoms with Crippen LogP contribution < -0.4 is 0 Å². The Bertz CT molecular complexity index is 839. The van der Waals surface area contributed by atoms with Crippen molar-refractivity contribution in [1.29, 1.82) is 0 Å². The molecule has 1 aromatic carbocycles. The van der Waals surface area contributed by atoms with Crippen molar-refractivity contribution in [1.82, 2.24) is 14.4 Å². The lowest BCUT2D eigenvalue weighted by Gasteiger charge is -2.13. The van der Waals surface area contributed by atoms with E-state index in [-0.39, 0.29) is 24.8 Å². The van der Waals surface area contributed by atoms with Crippen LogP contribution >= 0.6 is 0 Å². The normalized spacial score (nSPS) is 14.5. The second-order valence-corrected chi connectivity index (χ2v) is 6.40. The largest absolute Gasteiger partial charge is 0.344 e. The molecule has 0 N–H and O–H groups in total. The van der Waals surface area contributed by atoms with Crippen LogP contribution in [-0.4, -0.2) is 52.2 Å². The predicted molar refractivity (Wildman–Crippen MR) is 93.5 cm³/mol. The van der Waals surface area contributed by atoms with Gasteiger partial charge < -0.3 is 9.47 Å². The maximum atomic E-state index is 12.7. The van der Waals surface area contributed by atoms with E-state index in [1.54, 1.807) is 7.05 Å². The smallest absolute Gasteiger partial charge is 0.327 e. The number of nitrogens with zero attached hydrogens (tertiary/aromatic N) is 3. The average molecular weight is 339 g/mol. The molecule has 1 aromatic heterocycles. The molecular weight excluding hydrogens is 318 g/mol. The number of imide groups is 1. The molecule has 0 atom stereocenters. The Morgan fingerprint density at radius 1 is 1.12 bits per heavy atom. The van der Waals surface area contributed by atoms with Crippen LogP contribution in [0.25, 0.3) is 0 Å². The van der Waals surface area contributed by atoms with E-state index in [0.29, 0.717) is 12.1 Å². The molecule has 0 bridgehead atoms. The predicted octanol–water partition coefficient (Wildman–Crippen LogP) is 2.23. The minimum Gasteiger partial charge on any atom is -0.344 e. The summed E-state index contributed by atoms with van der Waals surface area (Å²) < 4.78 is 2.07. The number of benzene rings is 1. The number of amides is 3. The first-order chi connectivity index (χ1) is 11.9. The van der Waals surface area contributed by atoms with Gasteiger partial charge in [-0.2, -0.15) is 0 Å². The number of rotatable bonds is 5. The first kappa shape index (κ1) is 17.0. The van der Waals surface area contributed by atoms with Gasteiger partial charge in [-0.15, -0.1) is 0 Å². The number of Topliss-reactive ketones (excluding diaryl/α,β-unsaturated/α-hetero) is 1. The highest BCUT2D eigenvalue weighted by atomic mass is 16.2. The summed E-state index contributed by atoms with van der Waals surface area (Å²) in [5.74, 6) is -0.552. The Hall–Kier alpha value is -2.89. The van der Waals surface area contributed by atoms with Crippen molar-refractivity contribution >= 4 is 17.7 Å². The van der Waals surface area contributed by atoms with Crippen LogP contribution in [0.5, 0.6) is 0 Å². The van der Waals surface area contributed by atoms with Gasteiger partial charge in [0.05, 0.1) is 6.54 Å². The number of carbonyl (C=O) groups excluding carboxylic acids is 3. The molecule has 1 aliphatic rings. The SMILES string of the molecule is Cc1cc(C(=O)CN2C(=O)CN(C)C2=O)c(C)n1Cc1ccccc1. The van der Waals surface area contributed by atoms with Crippen LogP contribution in [-0.2, 0) is 11.3 Å². The second kappa shape index (κ2) is 6.55. The summed E-state index contributed by atoms with van der Waals surface area (Å²) in [6, 6.07) is 11.4. The maximum absolute atomic E-state index is 12.7. The third-order valence-electron chi connectivity index (χ3n) is 4.59. The van der Waals surface area contributed by atoms with Crippen LogP contribution in [0.1, 0.15) is 27.3 Å². The van der Waals surface area contributed by atoms with Crippen molar-refractivity contribution < 1.29 is 14.4 Å². The van der Waals surface area contributed by atoms with Crippen LogP contribution in [0.4, 0.5) is 4.79 Å². The molecule has 2 aromatic rings. The molecule has 6 nitrogen and oxygen atoms in total. The third-order valence-corrected chi connectivity index (χ3v) is 4.59. The van der Waals surface area contributed by atoms with E-state index in [2.05, 4.69) is 4.57 Å². The molecule has 1 fully saturated rings. The van der Waals surface area contributed by atoms with Crippen molar-refractivity contribution in [2.75, 3.05) is 20.1 Å². The molecule has 6 heteroatoms. The van der Waals surface area contributed by atoms with Crippen molar-refractivity contribution in [3.63, 3.8) is 0 Å². The van der Waals surface area contributed by atoms with Gasteiger partial charge in [-0.3, -0.25) is 14.5 Å². The summed E-state index contributed by atoms with van der Waals surface area (Å²) >= 11 is 0. The van der Waals surface area contributed by atoms with Crippen LogP contribution in [0.3, 0.4) is 0 Å². The van der Waals surface area contributed by atoms with E-state index in [1.807, 2.05) is 50.2 Å². The van der Waals surface area contributed by atoms with Gasteiger partial charge in [-0.25, -0.2) is 4.79 Å². The zero-order valence-electron chi connectivity index (χ0n) is 14.7. The fourth-order valence-electron chi connectivity index (χ4n) is 3.15. The lowest BCUT2D eigenvalue weighted by atomic mass is 10.1. The number of aryl methyl sites for hydroxylation is 1. The highest BCUT2D eigenvalue weighted by molar-refractivity contribution is 6.08. The Balaban J connectivity index is 1.81. The van der Waals surface area contributed by atoms with Gasteiger partial charge >= 0.3 is 6.03 Å². The molecule has 0 aliphatic carbocycles. The van der Waals surface area contributed by atoms with Crippen molar-refractivity contribution in [2.24, 2.45) is 0 Å². The second-order valence-electron chi connectivity index (χ2n) is 6.40. The Morgan fingerprint density at radius 2 is 1.80 bits per heavy atom. The van der Waals surface area contributed by atoms with E-state index >= 15 is 0 Å². The van der Waals surface area contributed by atoms with Crippen LogP contribution in [0, 0.1) is 13.8 Å². The number of aromatic nitrogens is 1. The molecule has 0 saturated carbocycles. The third kappa shape index (κ3) is 3.20. The van der Waals surface area contributed by atoms with Gasteiger partial charge in [-0.05, 0) is 25.5 Å². The van der Waals surface area contributed by atoms with Crippen LogP contribution in [0.15, 0.2) is 36.4 Å². The number of likely N-dealkylation sites (N-methyl/N-ethyl adjacent to an activating group) is 1. The number of urea groups is 1. The van der Waals surface area contributed by atoms with Crippen molar-refractivity contribution in [3.8, 4) is 0 Å². The Morgan fingerprint density at radius 3 is 2.40 bits per heavy atom. The van der Waals surface area contributed by atoms with E-state index < -0.39 is 6.03 Å². The summed E-state index contributed by atoms with van der Waals surface area (Å²) in [5.41, 5.74) is 3.53. The van der Waals surface area contributed by atoms with Crippen molar-refractivity contribution in [2.45, 2.75) is 20.4 Å². The monoisotopic (exact) mass is 339 g/mol. The van der Waals surface area contributed by atoms with E-state index in [4.69, 9.17) is 0 Å². The van der Waals surface area contributed by atoms with Crippen molar-refractivity contribution in [3.05, 3.63) is 58.9 Å². The minimum atomic E-state index is -0.420. The van der Waals surface area contributed by atoms with E-state index in [1.165, 1.54) is 4.90 Å². The average Bonchev–Trinajstić information content (AvgIpc) is 3.00. The minimum absolute atomic E-state index is 0.0269. The summed E-state index contributed by atoms with van der Waals surface area (Å²) in [4.78, 5) is 38.8. The summed E-state index contributed by atoms with van der Waals surface area (Å²) in [5, 5.41) is 0. The zero-order valence-corrected chi connectivity index (χ0v) is 14.7. The topological polar surface area (TPSA) is 62.6 Å². The molecule has 1 saturated heterocycles. The van der Waals surface area contributed by atoms with Gasteiger partial charge in [0.2, 0.25) is 0 Å². The Kier molecular flexibility index (Phi) is 4.44. The fraction of sp³-hybridized carbons (Fsp3) is 0.316. The molecular formula is C19H21N3O3. The molecule has 0 unspecified atom stereocenters. The van der Waals surface area contributed by atoms with Gasteiger partial charge in [0.25, 0.3) is 5.91 Å². The van der Waals surface area contributed by atoms with Gasteiger partial charge in [0.15, 0.2) is 5.78 Å². The van der Waals surface area contributed by atoms with Gasteiger partial charge in [0, 0.05) is 30.5 Å². The lowest BCUT2D eigenvalue weighted by Crippen LogP contribution is -2.36. The van der Waals surface area contributed by atoms with Gasteiger partial charge in [-0.1, -0.05) is 30.3 Å². The fourth-order valence-corrected chi connectivity index (χ4v) is 3.15. The first-order valence-electron chi connectivity index (χ1n) is 8.17. The molecule has 0 radical (unpaired) electrons. The van der Waals surface area contributed by atoms with E-state index in [9.17, 15) is 14.4 Å². The molecule has 1 aliphatic heterocycles. The first-order valence-corrected chi connectivity index (χ1v) is 8.17. The van der Waals surface area contributed by atoms with Gasteiger partial charge in [0.1, 0.15) is 6.54 Å². The number of hydrogen-bond acceptors (Lipinski definition) is 3. The Labute approximate surface area is 146 Å². The zero-order chi connectivity index (χ0) is 18.1. The maximum Gasteiger partial charge on any atom is 0.327 e. The summed E-state index contributed by atoms with van der Waals surface area (Å²) in [7, 11) is 1.55. The summed E-state index contributed by atoms with van der Waals surface area (Å²) in [6.07, 6.45) is 0. The highest BCUT2D eigenvalue weighted by Gasteiger charge is 2.35. The quantitative estimate of drug-likeness (QED) is 0.620. The van der Waals surface area contributed by atoms with Crippen LogP contribution in [0.2, 0.25) is 0 Å². The highest BCUT2D eigenvalue weighted by Crippen LogP contribution is 2.19. The lowest BCUT2D eigenvalue weighted by molar-refractivity contribution is -0.125. The number of carbonyl (C=O) groups is 3. The molecule has 2 heterocycles. The molecule has 3 rings (SSSR count). The summed E-state index contributed by atoms with van der Waals surface area (Å²) in [6.45, 7) is 4.34. The molecule has 25 heavy (non-hydrogen) atoms. The molecule has 3 amide bonds. The number of ketones is 1. The molecule has 0 spiro atoms.